The SMILES string of the molecule is Cc1ccccc1NC(=O)CC(=O)N1CCNC(=O)[C@@H]1Cc1ccccc1. The molecule has 6 heteroatoms. The third kappa shape index (κ3) is 4.73. The van der Waals surface area contributed by atoms with Gasteiger partial charge in [-0.05, 0) is 24.1 Å². The van der Waals surface area contributed by atoms with Crippen LogP contribution >= 0.6 is 0 Å². The number of nitrogens with zero attached hydrogens (tertiary/aromatic N) is 1. The minimum absolute atomic E-state index is 0.183. The number of aryl methyl sites for hydroxylation is 1. The van der Waals surface area contributed by atoms with Crippen molar-refractivity contribution in [2.24, 2.45) is 0 Å². The molecule has 27 heavy (non-hydrogen) atoms. The quantitative estimate of drug-likeness (QED) is 0.795. The largest absolute Gasteiger partial charge is 0.353 e. The number of anilines is 1. The fourth-order valence-corrected chi connectivity index (χ4v) is 3.20. The van der Waals surface area contributed by atoms with Gasteiger partial charge in [-0.15, -0.1) is 0 Å². The molecule has 1 heterocycles. The number of piperazine rings is 1. The van der Waals surface area contributed by atoms with E-state index in [-0.39, 0.29) is 24.1 Å². The molecule has 1 atom stereocenters. The number of hydrogen-bond acceptors (Lipinski definition) is 3. The Morgan fingerprint density at radius 2 is 1.81 bits per heavy atom. The second kappa shape index (κ2) is 8.49. The third-order valence-electron chi connectivity index (χ3n) is 4.65. The lowest BCUT2D eigenvalue weighted by molar-refractivity contribution is -0.144. The summed E-state index contributed by atoms with van der Waals surface area (Å²) in [6.45, 7) is 2.69. The molecule has 0 spiro atoms. The number of carbonyl (C=O) groups is 3. The Labute approximate surface area is 158 Å². The maximum atomic E-state index is 12.7. The summed E-state index contributed by atoms with van der Waals surface area (Å²) in [6, 6.07) is 16.4. The van der Waals surface area contributed by atoms with E-state index >= 15 is 0 Å². The number of para-hydroxylation sites is 1. The van der Waals surface area contributed by atoms with E-state index in [4.69, 9.17) is 0 Å². The molecule has 2 aromatic carbocycles. The van der Waals surface area contributed by atoms with Gasteiger partial charge in [0.1, 0.15) is 12.5 Å². The van der Waals surface area contributed by atoms with E-state index in [1.54, 1.807) is 6.07 Å². The fraction of sp³-hybridized carbons (Fsp3) is 0.286. The van der Waals surface area contributed by atoms with Gasteiger partial charge in [-0.25, -0.2) is 0 Å². The van der Waals surface area contributed by atoms with Crippen molar-refractivity contribution in [3.8, 4) is 0 Å². The molecule has 3 rings (SSSR count). The van der Waals surface area contributed by atoms with Crippen molar-refractivity contribution < 1.29 is 14.4 Å². The van der Waals surface area contributed by atoms with Crippen molar-refractivity contribution in [1.29, 1.82) is 0 Å². The topological polar surface area (TPSA) is 78.5 Å². The van der Waals surface area contributed by atoms with Gasteiger partial charge in [-0.1, -0.05) is 48.5 Å². The summed E-state index contributed by atoms with van der Waals surface area (Å²) in [6.07, 6.45) is 0.144. The summed E-state index contributed by atoms with van der Waals surface area (Å²) >= 11 is 0. The first kappa shape index (κ1) is 18.6. The molecule has 2 N–H and O–H groups in total. The van der Waals surface area contributed by atoms with Crippen LogP contribution in [0.5, 0.6) is 0 Å². The summed E-state index contributed by atoms with van der Waals surface area (Å²) in [5.74, 6) is -0.895. The van der Waals surface area contributed by atoms with Crippen LogP contribution in [0.2, 0.25) is 0 Å². The molecule has 140 valence electrons. The lowest BCUT2D eigenvalue weighted by atomic mass is 10.0. The summed E-state index contributed by atoms with van der Waals surface area (Å²) in [5.41, 5.74) is 2.59. The minimum Gasteiger partial charge on any atom is -0.353 e. The van der Waals surface area contributed by atoms with E-state index in [1.807, 2.05) is 55.5 Å². The molecule has 0 saturated carbocycles. The van der Waals surface area contributed by atoms with Crippen molar-refractivity contribution in [2.45, 2.75) is 25.8 Å². The van der Waals surface area contributed by atoms with Gasteiger partial charge in [-0.3, -0.25) is 14.4 Å². The molecule has 0 radical (unpaired) electrons. The van der Waals surface area contributed by atoms with Gasteiger partial charge >= 0.3 is 0 Å². The van der Waals surface area contributed by atoms with E-state index in [1.165, 1.54) is 4.90 Å². The second-order valence-electron chi connectivity index (χ2n) is 6.62. The summed E-state index contributed by atoms with van der Waals surface area (Å²) in [5, 5.41) is 5.57. The Balaban J connectivity index is 1.66. The minimum atomic E-state index is -0.597. The summed E-state index contributed by atoms with van der Waals surface area (Å²) in [7, 11) is 0. The molecule has 1 aliphatic rings. The normalized spacial score (nSPS) is 16.6. The van der Waals surface area contributed by atoms with E-state index in [9.17, 15) is 14.4 Å². The van der Waals surface area contributed by atoms with Gasteiger partial charge in [-0.2, -0.15) is 0 Å². The Morgan fingerprint density at radius 3 is 2.56 bits per heavy atom. The average molecular weight is 365 g/mol. The third-order valence-corrected chi connectivity index (χ3v) is 4.65. The zero-order valence-corrected chi connectivity index (χ0v) is 15.3. The molecule has 0 bridgehead atoms. The molecule has 6 nitrogen and oxygen atoms in total. The van der Waals surface area contributed by atoms with Crippen LogP contribution in [0, 0.1) is 6.92 Å². The lowest BCUT2D eigenvalue weighted by Crippen LogP contribution is -2.58. The second-order valence-corrected chi connectivity index (χ2v) is 6.62. The standard InChI is InChI=1S/C21H23N3O3/c1-15-7-5-6-10-17(15)23-19(25)14-20(26)24-12-11-22-21(27)18(24)13-16-8-3-2-4-9-16/h2-10,18H,11-14H2,1H3,(H,22,27)(H,23,25)/t18-/m0/s1. The fourth-order valence-electron chi connectivity index (χ4n) is 3.20. The Kier molecular flexibility index (Phi) is 5.86. The van der Waals surface area contributed by atoms with Crippen LogP contribution in [0.4, 0.5) is 5.69 Å². The van der Waals surface area contributed by atoms with Gasteiger partial charge in [0, 0.05) is 25.2 Å². The number of benzene rings is 2. The van der Waals surface area contributed by atoms with Crippen molar-refractivity contribution in [2.75, 3.05) is 18.4 Å². The van der Waals surface area contributed by atoms with Crippen LogP contribution in [-0.2, 0) is 20.8 Å². The Morgan fingerprint density at radius 1 is 1.11 bits per heavy atom. The Hall–Kier alpha value is -3.15. The predicted molar refractivity (Wildman–Crippen MR) is 103 cm³/mol. The maximum Gasteiger partial charge on any atom is 0.243 e. The van der Waals surface area contributed by atoms with E-state index in [0.29, 0.717) is 25.2 Å². The van der Waals surface area contributed by atoms with Crippen molar-refractivity contribution >= 4 is 23.4 Å². The summed E-state index contributed by atoms with van der Waals surface area (Å²) in [4.78, 5) is 38.9. The first-order valence-corrected chi connectivity index (χ1v) is 9.01. The van der Waals surface area contributed by atoms with Gasteiger partial charge < -0.3 is 15.5 Å². The van der Waals surface area contributed by atoms with E-state index in [0.717, 1.165) is 11.1 Å². The first-order chi connectivity index (χ1) is 13.0. The number of hydrogen-bond donors (Lipinski definition) is 2. The lowest BCUT2D eigenvalue weighted by Gasteiger charge is -2.35. The predicted octanol–water partition coefficient (Wildman–Crippen LogP) is 1.89. The number of carbonyl (C=O) groups excluding carboxylic acids is 3. The Bertz CT molecular complexity index is 836. The van der Waals surface area contributed by atoms with Crippen LogP contribution in [-0.4, -0.2) is 41.8 Å². The van der Waals surface area contributed by atoms with Crippen molar-refractivity contribution in [3.63, 3.8) is 0 Å². The average Bonchev–Trinajstić information content (AvgIpc) is 2.66. The molecule has 1 aliphatic heterocycles. The molecule has 0 unspecified atom stereocenters. The smallest absolute Gasteiger partial charge is 0.243 e. The number of rotatable bonds is 5. The maximum absolute atomic E-state index is 12.7. The van der Waals surface area contributed by atoms with Crippen LogP contribution in [0.25, 0.3) is 0 Å². The molecule has 0 aliphatic carbocycles. The highest BCUT2D eigenvalue weighted by atomic mass is 16.2. The monoisotopic (exact) mass is 365 g/mol. The van der Waals surface area contributed by atoms with Crippen LogP contribution < -0.4 is 10.6 Å². The number of nitrogens with one attached hydrogen (secondary N) is 2. The summed E-state index contributed by atoms with van der Waals surface area (Å²) < 4.78 is 0. The van der Waals surface area contributed by atoms with Crippen LogP contribution in [0.3, 0.4) is 0 Å². The molecular weight excluding hydrogens is 342 g/mol. The first-order valence-electron chi connectivity index (χ1n) is 9.01. The molecule has 3 amide bonds. The van der Waals surface area contributed by atoms with Crippen molar-refractivity contribution in [1.82, 2.24) is 10.2 Å². The van der Waals surface area contributed by atoms with Crippen molar-refractivity contribution in [3.05, 3.63) is 65.7 Å². The zero-order valence-electron chi connectivity index (χ0n) is 15.3. The van der Waals surface area contributed by atoms with Gasteiger partial charge in [0.2, 0.25) is 17.7 Å². The molecule has 1 saturated heterocycles. The molecule has 0 aromatic heterocycles. The highest BCUT2D eigenvalue weighted by Gasteiger charge is 2.33. The molecule has 1 fully saturated rings. The highest BCUT2D eigenvalue weighted by molar-refractivity contribution is 6.05. The van der Waals surface area contributed by atoms with Gasteiger partial charge in [0.25, 0.3) is 0 Å². The van der Waals surface area contributed by atoms with Crippen LogP contribution in [0.15, 0.2) is 54.6 Å². The van der Waals surface area contributed by atoms with Gasteiger partial charge in [0.05, 0.1) is 0 Å². The van der Waals surface area contributed by atoms with Crippen LogP contribution in [0.1, 0.15) is 17.5 Å². The molecule has 2 aromatic rings. The van der Waals surface area contributed by atoms with E-state index < -0.39 is 6.04 Å². The zero-order chi connectivity index (χ0) is 19.2. The molecular formula is C21H23N3O3. The van der Waals surface area contributed by atoms with Gasteiger partial charge in [0.15, 0.2) is 0 Å². The highest BCUT2D eigenvalue weighted by Crippen LogP contribution is 2.16. The van der Waals surface area contributed by atoms with E-state index in [2.05, 4.69) is 10.6 Å². The number of amides is 3.